The topological polar surface area (TPSA) is 116 Å². The molecule has 0 unspecified atom stereocenters. The largest absolute Gasteiger partial charge is 0.486 e. The summed E-state index contributed by atoms with van der Waals surface area (Å²) in [4.78, 5) is 27.6. The number of carbonyl (C=O) groups excluding carboxylic acids is 2. The zero-order valence-electron chi connectivity index (χ0n) is 21.1. The van der Waals surface area contributed by atoms with Crippen LogP contribution < -0.4 is 10.1 Å². The quantitative estimate of drug-likeness (QED) is 0.522. The van der Waals surface area contributed by atoms with Crippen molar-refractivity contribution in [2.45, 2.75) is 43.7 Å². The summed E-state index contributed by atoms with van der Waals surface area (Å²) >= 11 is 6.18. The summed E-state index contributed by atoms with van der Waals surface area (Å²) in [5.74, 6) is -0.664. The van der Waals surface area contributed by atoms with Gasteiger partial charge in [0.15, 0.2) is 5.75 Å². The molecular weight excluding hydrogens is 518 g/mol. The van der Waals surface area contributed by atoms with Crippen LogP contribution >= 0.6 is 11.6 Å². The molecule has 3 atom stereocenters. The van der Waals surface area contributed by atoms with Crippen molar-refractivity contribution < 1.29 is 27.9 Å². The Balaban J connectivity index is 1.71. The van der Waals surface area contributed by atoms with Gasteiger partial charge in [-0.2, -0.15) is 4.31 Å². The molecule has 0 aromatic heterocycles. The molecule has 2 N–H and O–H groups in total. The number of fused-ring (bicyclic) bond motifs is 1. The molecule has 4 rings (SSSR count). The van der Waals surface area contributed by atoms with Gasteiger partial charge >= 0.3 is 0 Å². The molecule has 0 bridgehead atoms. The Morgan fingerprint density at radius 1 is 1.24 bits per heavy atom. The molecule has 2 aliphatic rings. The number of nitrogens with one attached hydrogen (secondary N) is 1. The van der Waals surface area contributed by atoms with Gasteiger partial charge in [-0.25, -0.2) is 8.42 Å². The molecule has 1 heterocycles. The highest BCUT2D eigenvalue weighted by molar-refractivity contribution is 7.89. The van der Waals surface area contributed by atoms with E-state index in [1.807, 2.05) is 6.92 Å². The number of rotatable bonds is 8. The molecule has 11 heteroatoms. The number of likely N-dealkylation sites (N-methyl/N-ethyl adjacent to an activating group) is 1. The number of nitrogens with zero attached hydrogens (tertiary/aromatic N) is 2. The number of anilines is 1. The van der Waals surface area contributed by atoms with E-state index in [0.717, 1.165) is 12.8 Å². The van der Waals surface area contributed by atoms with Gasteiger partial charge in [0.1, 0.15) is 11.0 Å². The van der Waals surface area contributed by atoms with Crippen LogP contribution in [0.1, 0.15) is 37.0 Å². The Kier molecular flexibility index (Phi) is 8.13. The van der Waals surface area contributed by atoms with E-state index in [0.29, 0.717) is 5.69 Å². The smallest absolute Gasteiger partial charge is 0.258 e. The van der Waals surface area contributed by atoms with Crippen LogP contribution in [0.2, 0.25) is 5.02 Å². The molecule has 2 aromatic carbocycles. The summed E-state index contributed by atoms with van der Waals surface area (Å²) in [6.45, 7) is 3.58. The van der Waals surface area contributed by atoms with Gasteiger partial charge in [-0.3, -0.25) is 9.59 Å². The molecule has 0 spiro atoms. The van der Waals surface area contributed by atoms with E-state index in [1.54, 1.807) is 42.2 Å². The maximum absolute atomic E-state index is 13.5. The van der Waals surface area contributed by atoms with Gasteiger partial charge in [-0.15, -0.1) is 0 Å². The zero-order valence-corrected chi connectivity index (χ0v) is 22.6. The van der Waals surface area contributed by atoms with Crippen molar-refractivity contribution in [3.8, 4) is 5.75 Å². The molecule has 2 amide bonds. The van der Waals surface area contributed by atoms with E-state index in [1.165, 1.54) is 23.5 Å². The Morgan fingerprint density at radius 2 is 1.95 bits per heavy atom. The molecule has 1 saturated carbocycles. The molecule has 9 nitrogen and oxygen atoms in total. The molecule has 200 valence electrons. The van der Waals surface area contributed by atoms with Crippen LogP contribution in [-0.4, -0.2) is 73.4 Å². The first-order valence-corrected chi connectivity index (χ1v) is 14.1. The van der Waals surface area contributed by atoms with Crippen LogP contribution in [0.3, 0.4) is 0 Å². The number of benzene rings is 2. The third-order valence-electron chi connectivity index (χ3n) is 6.86. The summed E-state index contributed by atoms with van der Waals surface area (Å²) in [6, 6.07) is 10.7. The summed E-state index contributed by atoms with van der Waals surface area (Å²) in [6.07, 6.45) is 0.945. The Morgan fingerprint density at radius 3 is 2.59 bits per heavy atom. The number of aliphatic hydroxyl groups excluding tert-OH is 1. The van der Waals surface area contributed by atoms with Crippen molar-refractivity contribution >= 4 is 39.1 Å². The highest BCUT2D eigenvalue weighted by Crippen LogP contribution is 2.37. The second kappa shape index (κ2) is 11.0. The van der Waals surface area contributed by atoms with Gasteiger partial charge in [0.05, 0.1) is 35.5 Å². The predicted octanol–water partition coefficient (Wildman–Crippen LogP) is 3.23. The zero-order chi connectivity index (χ0) is 26.9. The van der Waals surface area contributed by atoms with Gasteiger partial charge in [-0.1, -0.05) is 36.7 Å². The number of carbonyl (C=O) groups is 2. The van der Waals surface area contributed by atoms with E-state index < -0.39 is 22.2 Å². The number of amides is 2. The summed E-state index contributed by atoms with van der Waals surface area (Å²) in [5, 5.41) is 12.8. The third-order valence-corrected chi connectivity index (χ3v) is 9.18. The van der Waals surface area contributed by atoms with Gasteiger partial charge in [0, 0.05) is 25.4 Å². The van der Waals surface area contributed by atoms with Gasteiger partial charge < -0.3 is 20.1 Å². The van der Waals surface area contributed by atoms with E-state index in [2.05, 4.69) is 5.32 Å². The van der Waals surface area contributed by atoms with Crippen LogP contribution in [-0.2, 0) is 14.8 Å². The number of sulfonamides is 1. The average molecular weight is 550 g/mol. The van der Waals surface area contributed by atoms with Crippen molar-refractivity contribution in [1.29, 1.82) is 0 Å². The lowest BCUT2D eigenvalue weighted by Crippen LogP contribution is -2.50. The van der Waals surface area contributed by atoms with E-state index in [4.69, 9.17) is 16.3 Å². The number of hydrogen-bond acceptors (Lipinski definition) is 6. The van der Waals surface area contributed by atoms with Gasteiger partial charge in [-0.05, 0) is 44.0 Å². The Bertz CT molecular complexity index is 1280. The first-order chi connectivity index (χ1) is 17.5. The first-order valence-electron chi connectivity index (χ1n) is 12.3. The lowest BCUT2D eigenvalue weighted by Gasteiger charge is -2.38. The number of hydrogen-bond donors (Lipinski definition) is 2. The standard InChI is InChI=1S/C26H32ClN3O6S/c1-16-13-30(17(2)15-31)26(33)19-7-6-9-21(28-25(32)18-11-12-18)24(19)36-22(16)14-29(3)37(34,35)23-10-5-4-8-20(23)27/h4-10,16-18,22,31H,11-15H2,1-3H3,(H,28,32)/t16-,17+,22-/m0/s1. The SMILES string of the molecule is C[C@H](CO)N1C[C@H](C)[C@H](CN(C)S(=O)(=O)c2ccccc2Cl)Oc2c(NC(=O)C3CC3)cccc2C1=O. The molecule has 37 heavy (non-hydrogen) atoms. The second-order valence-corrected chi connectivity index (χ2v) is 12.2. The highest BCUT2D eigenvalue weighted by Gasteiger charge is 2.37. The molecule has 1 aliphatic heterocycles. The van der Waals surface area contributed by atoms with E-state index >= 15 is 0 Å². The fourth-order valence-electron chi connectivity index (χ4n) is 4.31. The molecular formula is C26H32ClN3O6S. The minimum absolute atomic E-state index is 0.0128. The molecule has 1 fully saturated rings. The number of aliphatic hydroxyl groups is 1. The van der Waals surface area contributed by atoms with Crippen molar-refractivity contribution in [3.63, 3.8) is 0 Å². The van der Waals surface area contributed by atoms with Crippen LogP contribution in [0.4, 0.5) is 5.69 Å². The Labute approximate surface area is 222 Å². The maximum Gasteiger partial charge on any atom is 0.258 e. The highest BCUT2D eigenvalue weighted by atomic mass is 35.5. The van der Waals surface area contributed by atoms with Crippen molar-refractivity contribution in [2.75, 3.05) is 32.1 Å². The summed E-state index contributed by atoms with van der Waals surface area (Å²) in [7, 11) is -2.48. The molecule has 2 aromatic rings. The van der Waals surface area contributed by atoms with E-state index in [-0.39, 0.29) is 64.6 Å². The summed E-state index contributed by atoms with van der Waals surface area (Å²) in [5.41, 5.74) is 0.595. The van der Waals surface area contributed by atoms with Gasteiger partial charge in [0.25, 0.3) is 5.91 Å². The van der Waals surface area contributed by atoms with E-state index in [9.17, 15) is 23.1 Å². The minimum Gasteiger partial charge on any atom is -0.486 e. The van der Waals surface area contributed by atoms with Crippen molar-refractivity contribution in [3.05, 3.63) is 53.1 Å². The molecule has 0 radical (unpaired) electrons. The molecule has 0 saturated heterocycles. The van der Waals surface area contributed by atoms with Crippen molar-refractivity contribution in [2.24, 2.45) is 11.8 Å². The maximum atomic E-state index is 13.5. The predicted molar refractivity (Wildman–Crippen MR) is 140 cm³/mol. The monoisotopic (exact) mass is 549 g/mol. The van der Waals surface area contributed by atoms with Crippen LogP contribution in [0, 0.1) is 11.8 Å². The Hall–Kier alpha value is -2.66. The van der Waals surface area contributed by atoms with Crippen LogP contribution in [0.5, 0.6) is 5.75 Å². The average Bonchev–Trinajstić information content (AvgIpc) is 3.72. The van der Waals surface area contributed by atoms with Crippen molar-refractivity contribution in [1.82, 2.24) is 9.21 Å². The molecule has 1 aliphatic carbocycles. The number of para-hydroxylation sites is 1. The third kappa shape index (κ3) is 5.77. The van der Waals surface area contributed by atoms with Crippen LogP contribution in [0.25, 0.3) is 0 Å². The first kappa shape index (κ1) is 27.4. The van der Waals surface area contributed by atoms with Gasteiger partial charge in [0.2, 0.25) is 15.9 Å². The lowest BCUT2D eigenvalue weighted by molar-refractivity contribution is -0.117. The number of ether oxygens (including phenoxy) is 1. The lowest BCUT2D eigenvalue weighted by atomic mass is 9.99. The van der Waals surface area contributed by atoms with Crippen LogP contribution in [0.15, 0.2) is 47.4 Å². The number of halogens is 1. The fraction of sp³-hybridized carbons (Fsp3) is 0.462. The minimum atomic E-state index is -3.94. The normalized spacial score (nSPS) is 21.0. The second-order valence-electron chi connectivity index (χ2n) is 9.78. The fourth-order valence-corrected chi connectivity index (χ4v) is 5.99. The summed E-state index contributed by atoms with van der Waals surface area (Å²) < 4.78 is 34.2.